The second-order valence-electron chi connectivity index (χ2n) is 7.27. The molecule has 2 aliphatic carbocycles. The highest BCUT2D eigenvalue weighted by Crippen LogP contribution is 2.34. The lowest BCUT2D eigenvalue weighted by atomic mass is 10.1. The first kappa shape index (κ1) is 15.4. The molecule has 0 radical (unpaired) electrons. The van der Waals surface area contributed by atoms with Crippen LogP contribution in [0.4, 0.5) is 11.5 Å². The fourth-order valence-electron chi connectivity index (χ4n) is 3.81. The van der Waals surface area contributed by atoms with Crippen molar-refractivity contribution in [3.63, 3.8) is 0 Å². The van der Waals surface area contributed by atoms with Crippen molar-refractivity contribution in [2.75, 3.05) is 10.6 Å². The van der Waals surface area contributed by atoms with E-state index in [0.29, 0.717) is 6.04 Å². The molecule has 0 saturated heterocycles. The molecule has 1 atom stereocenters. The summed E-state index contributed by atoms with van der Waals surface area (Å²) in [6.07, 6.45) is 4.22. The highest BCUT2D eigenvalue weighted by atomic mass is 16.2. The van der Waals surface area contributed by atoms with Crippen molar-refractivity contribution in [3.05, 3.63) is 65.7 Å². The van der Waals surface area contributed by atoms with E-state index < -0.39 is 0 Å². The fraction of sp³-hybridized carbons (Fsp3) is 0.273. The lowest BCUT2D eigenvalue weighted by Crippen LogP contribution is -2.13. The van der Waals surface area contributed by atoms with E-state index in [9.17, 15) is 4.79 Å². The molecule has 2 aromatic carbocycles. The molecule has 5 rings (SSSR count). The molecule has 1 fully saturated rings. The molecule has 0 bridgehead atoms. The predicted octanol–water partition coefficient (Wildman–Crippen LogP) is 4.68. The highest BCUT2D eigenvalue weighted by molar-refractivity contribution is 6.02. The van der Waals surface area contributed by atoms with Crippen LogP contribution in [0.2, 0.25) is 0 Å². The number of benzene rings is 2. The average molecular weight is 343 g/mol. The van der Waals surface area contributed by atoms with Gasteiger partial charge in [0.15, 0.2) is 0 Å². The summed E-state index contributed by atoms with van der Waals surface area (Å²) in [7, 11) is 0. The fourth-order valence-corrected chi connectivity index (χ4v) is 3.81. The van der Waals surface area contributed by atoms with Gasteiger partial charge in [0.1, 0.15) is 5.82 Å². The maximum Gasteiger partial charge on any atom is 0.227 e. The molecule has 1 amide bonds. The Bertz CT molecular complexity index is 994. The van der Waals surface area contributed by atoms with E-state index >= 15 is 0 Å². The number of rotatable bonds is 4. The van der Waals surface area contributed by atoms with Crippen LogP contribution in [0.15, 0.2) is 54.6 Å². The summed E-state index contributed by atoms with van der Waals surface area (Å²) in [5.41, 5.74) is 4.55. The van der Waals surface area contributed by atoms with Gasteiger partial charge in [0.05, 0.1) is 17.2 Å². The normalized spacial score (nSPS) is 18.5. The van der Waals surface area contributed by atoms with Crippen LogP contribution in [0.25, 0.3) is 10.9 Å². The molecule has 0 spiro atoms. The van der Waals surface area contributed by atoms with Crippen molar-refractivity contribution in [3.8, 4) is 0 Å². The monoisotopic (exact) mass is 343 g/mol. The van der Waals surface area contributed by atoms with E-state index in [1.807, 2.05) is 30.3 Å². The number of carbonyl (C=O) groups excluding carboxylic acids is 1. The second kappa shape index (κ2) is 6.13. The zero-order chi connectivity index (χ0) is 17.5. The molecule has 3 aromatic rings. The van der Waals surface area contributed by atoms with Gasteiger partial charge in [-0.05, 0) is 61.1 Å². The van der Waals surface area contributed by atoms with Crippen LogP contribution < -0.4 is 10.6 Å². The van der Waals surface area contributed by atoms with Crippen molar-refractivity contribution < 1.29 is 4.79 Å². The van der Waals surface area contributed by atoms with Gasteiger partial charge in [0.2, 0.25) is 5.91 Å². The minimum Gasteiger partial charge on any atom is -0.363 e. The van der Waals surface area contributed by atoms with Crippen molar-refractivity contribution in [1.82, 2.24) is 4.98 Å². The molecule has 2 N–H and O–H groups in total. The Labute approximate surface area is 152 Å². The molecule has 4 heteroatoms. The average Bonchev–Trinajstić information content (AvgIpc) is 3.44. The lowest BCUT2D eigenvalue weighted by Gasteiger charge is -2.16. The summed E-state index contributed by atoms with van der Waals surface area (Å²) in [4.78, 5) is 16.9. The van der Waals surface area contributed by atoms with Crippen molar-refractivity contribution in [2.24, 2.45) is 5.92 Å². The number of fused-ring (bicyclic) bond motifs is 2. The number of hydrogen-bond donors (Lipinski definition) is 2. The Hall–Kier alpha value is -2.88. The number of pyridine rings is 1. The second-order valence-corrected chi connectivity index (χ2v) is 7.27. The minimum atomic E-state index is 0.127. The predicted molar refractivity (Wildman–Crippen MR) is 104 cm³/mol. The molecule has 1 aromatic heterocycles. The molecule has 1 heterocycles. The third-order valence-corrected chi connectivity index (χ3v) is 5.39. The van der Waals surface area contributed by atoms with Crippen LogP contribution in [0.1, 0.15) is 36.4 Å². The van der Waals surface area contributed by atoms with E-state index in [1.54, 1.807) is 0 Å². The Kier molecular flexibility index (Phi) is 3.63. The summed E-state index contributed by atoms with van der Waals surface area (Å²) in [6.45, 7) is 0. The molecule has 26 heavy (non-hydrogen) atoms. The first-order valence-corrected chi connectivity index (χ1v) is 9.33. The molecule has 4 nitrogen and oxygen atoms in total. The van der Waals surface area contributed by atoms with Crippen LogP contribution in [-0.2, 0) is 11.2 Å². The maximum absolute atomic E-state index is 12.1. The molecule has 2 aliphatic rings. The van der Waals surface area contributed by atoms with Crippen molar-refractivity contribution in [1.29, 1.82) is 0 Å². The number of nitrogens with one attached hydrogen (secondary N) is 2. The summed E-state index contributed by atoms with van der Waals surface area (Å²) >= 11 is 0. The molecule has 0 aliphatic heterocycles. The number of amides is 1. The third kappa shape index (κ3) is 2.81. The number of hydrogen-bond acceptors (Lipinski definition) is 3. The van der Waals surface area contributed by atoms with Gasteiger partial charge in [-0.25, -0.2) is 4.98 Å². The minimum absolute atomic E-state index is 0.127. The Morgan fingerprint density at radius 3 is 2.73 bits per heavy atom. The third-order valence-electron chi connectivity index (χ3n) is 5.39. The largest absolute Gasteiger partial charge is 0.363 e. The molecule has 130 valence electrons. The van der Waals surface area contributed by atoms with Gasteiger partial charge in [0, 0.05) is 11.3 Å². The van der Waals surface area contributed by atoms with Gasteiger partial charge in [-0.15, -0.1) is 0 Å². The standard InChI is InChI=1S/C22H21N3O/c26-22(15-8-9-15)25-19-7-3-6-18-17(19)11-13-21(23-18)24-20-12-10-14-4-1-2-5-16(14)20/h1-7,11,13,15,20H,8-10,12H2,(H,23,24)(H,25,26)/t20-/m1/s1. The molecule has 1 saturated carbocycles. The zero-order valence-corrected chi connectivity index (χ0v) is 14.5. The zero-order valence-electron chi connectivity index (χ0n) is 14.5. The van der Waals surface area contributed by atoms with Crippen LogP contribution in [0.3, 0.4) is 0 Å². The van der Waals surface area contributed by atoms with Gasteiger partial charge in [-0.1, -0.05) is 30.3 Å². The number of aryl methyl sites for hydroxylation is 1. The number of aromatic nitrogens is 1. The Balaban J connectivity index is 1.41. The SMILES string of the molecule is O=C(Nc1cccc2nc(N[C@@H]3CCc4ccccc43)ccc12)C1CC1. The van der Waals surface area contributed by atoms with Crippen LogP contribution in [-0.4, -0.2) is 10.9 Å². The first-order valence-electron chi connectivity index (χ1n) is 9.33. The number of carbonyl (C=O) groups is 1. The summed E-state index contributed by atoms with van der Waals surface area (Å²) in [6, 6.07) is 18.9. The first-order chi connectivity index (χ1) is 12.8. The van der Waals surface area contributed by atoms with E-state index in [-0.39, 0.29) is 11.8 Å². The Morgan fingerprint density at radius 1 is 0.962 bits per heavy atom. The molecular weight excluding hydrogens is 322 g/mol. The quantitative estimate of drug-likeness (QED) is 0.723. The van der Waals surface area contributed by atoms with E-state index in [2.05, 4.69) is 34.9 Å². The maximum atomic E-state index is 12.1. The highest BCUT2D eigenvalue weighted by Gasteiger charge is 2.29. The van der Waals surface area contributed by atoms with Crippen LogP contribution in [0, 0.1) is 5.92 Å². The van der Waals surface area contributed by atoms with E-state index in [0.717, 1.165) is 48.1 Å². The van der Waals surface area contributed by atoms with E-state index in [1.165, 1.54) is 11.1 Å². The lowest BCUT2D eigenvalue weighted by molar-refractivity contribution is -0.117. The topological polar surface area (TPSA) is 54.0 Å². The summed E-state index contributed by atoms with van der Waals surface area (Å²) in [5.74, 6) is 1.20. The van der Waals surface area contributed by atoms with Crippen molar-refractivity contribution in [2.45, 2.75) is 31.7 Å². The van der Waals surface area contributed by atoms with Crippen LogP contribution >= 0.6 is 0 Å². The Morgan fingerprint density at radius 2 is 1.85 bits per heavy atom. The number of nitrogens with zero attached hydrogens (tertiary/aromatic N) is 1. The van der Waals surface area contributed by atoms with Gasteiger partial charge < -0.3 is 10.6 Å². The van der Waals surface area contributed by atoms with Crippen molar-refractivity contribution >= 4 is 28.3 Å². The summed E-state index contributed by atoms with van der Waals surface area (Å²) < 4.78 is 0. The van der Waals surface area contributed by atoms with Gasteiger partial charge in [0.25, 0.3) is 0 Å². The molecular formula is C22H21N3O. The smallest absolute Gasteiger partial charge is 0.227 e. The van der Waals surface area contributed by atoms with E-state index in [4.69, 9.17) is 4.98 Å². The van der Waals surface area contributed by atoms with Crippen LogP contribution in [0.5, 0.6) is 0 Å². The van der Waals surface area contributed by atoms with Gasteiger partial charge in [-0.3, -0.25) is 4.79 Å². The van der Waals surface area contributed by atoms with Gasteiger partial charge >= 0.3 is 0 Å². The number of anilines is 2. The summed E-state index contributed by atoms with van der Waals surface area (Å²) in [5, 5.41) is 7.62. The molecule has 0 unspecified atom stereocenters. The van der Waals surface area contributed by atoms with Gasteiger partial charge in [-0.2, -0.15) is 0 Å².